The van der Waals surface area contributed by atoms with Gasteiger partial charge in [0.05, 0.1) is 0 Å². The Hall–Kier alpha value is -0.180. The van der Waals surface area contributed by atoms with Crippen molar-refractivity contribution in [3.05, 3.63) is 0 Å². The molecule has 0 amide bonds. The normalized spacial score (nSPS) is 36.3. The average molecular weight is 240 g/mol. The molecule has 0 radical (unpaired) electrons. The molecule has 16 heavy (non-hydrogen) atoms. The molecule has 0 aromatic carbocycles. The van der Waals surface area contributed by atoms with Gasteiger partial charge in [0, 0.05) is 18.3 Å². The zero-order valence-corrected chi connectivity index (χ0v) is 11.6. The van der Waals surface area contributed by atoms with Crippen LogP contribution in [0, 0.1) is 11.3 Å². The van der Waals surface area contributed by atoms with Gasteiger partial charge in [-0.3, -0.25) is 4.99 Å². The van der Waals surface area contributed by atoms with E-state index in [0.717, 1.165) is 12.5 Å². The number of aliphatic imine (C=N–C) groups is 1. The highest BCUT2D eigenvalue weighted by atomic mass is 32.2. The molecule has 2 fully saturated rings. The average Bonchev–Trinajstić information content (AvgIpc) is 2.68. The minimum Gasteiger partial charge on any atom is -0.362 e. The summed E-state index contributed by atoms with van der Waals surface area (Å²) in [6, 6.07) is 0.580. The molecule has 1 N–H and O–H groups in total. The first kappa shape index (κ1) is 12.3. The molecule has 0 aromatic heterocycles. The highest BCUT2D eigenvalue weighted by Crippen LogP contribution is 2.37. The first-order valence-corrected chi connectivity index (χ1v) is 7.51. The fourth-order valence-corrected chi connectivity index (χ4v) is 3.61. The van der Waals surface area contributed by atoms with Gasteiger partial charge in [0.15, 0.2) is 5.17 Å². The van der Waals surface area contributed by atoms with Gasteiger partial charge in [0.25, 0.3) is 0 Å². The molecule has 1 saturated heterocycles. The zero-order valence-electron chi connectivity index (χ0n) is 10.8. The lowest BCUT2D eigenvalue weighted by Crippen LogP contribution is -2.41. The topological polar surface area (TPSA) is 24.4 Å². The Morgan fingerprint density at radius 3 is 2.69 bits per heavy atom. The van der Waals surface area contributed by atoms with Gasteiger partial charge in [0.2, 0.25) is 0 Å². The fourth-order valence-electron chi connectivity index (χ4n) is 2.47. The lowest BCUT2D eigenvalue weighted by Gasteiger charge is -2.29. The number of thioether (sulfide) groups is 1. The summed E-state index contributed by atoms with van der Waals surface area (Å²) in [6.07, 6.45) is 5.52. The SMILES string of the molecule is CC1CSC(=NCC2(C)CCCC2)NC1C. The molecule has 0 bridgehead atoms. The third kappa shape index (κ3) is 2.93. The van der Waals surface area contributed by atoms with Crippen LogP contribution in [0.15, 0.2) is 4.99 Å². The maximum Gasteiger partial charge on any atom is 0.156 e. The summed E-state index contributed by atoms with van der Waals surface area (Å²) in [5.41, 5.74) is 0.488. The quantitative estimate of drug-likeness (QED) is 0.801. The molecule has 1 heterocycles. The van der Waals surface area contributed by atoms with E-state index in [2.05, 4.69) is 26.1 Å². The lowest BCUT2D eigenvalue weighted by atomic mass is 9.89. The summed E-state index contributed by atoms with van der Waals surface area (Å²) in [5, 5.41) is 4.70. The van der Waals surface area contributed by atoms with Crippen LogP contribution in [0.4, 0.5) is 0 Å². The Kier molecular flexibility index (Phi) is 3.83. The van der Waals surface area contributed by atoms with Crippen molar-refractivity contribution in [1.82, 2.24) is 5.32 Å². The summed E-state index contributed by atoms with van der Waals surface area (Å²) in [5.74, 6) is 1.97. The van der Waals surface area contributed by atoms with Crippen LogP contribution in [0.25, 0.3) is 0 Å². The van der Waals surface area contributed by atoms with E-state index in [-0.39, 0.29) is 0 Å². The van der Waals surface area contributed by atoms with E-state index < -0.39 is 0 Å². The minimum absolute atomic E-state index is 0.488. The fraction of sp³-hybridized carbons (Fsp3) is 0.923. The maximum atomic E-state index is 4.79. The van der Waals surface area contributed by atoms with Crippen LogP contribution in [0.1, 0.15) is 46.5 Å². The van der Waals surface area contributed by atoms with E-state index in [1.54, 1.807) is 0 Å². The van der Waals surface area contributed by atoms with Crippen LogP contribution in [0.2, 0.25) is 0 Å². The van der Waals surface area contributed by atoms with E-state index in [1.165, 1.54) is 36.6 Å². The molecule has 1 aliphatic carbocycles. The molecule has 2 unspecified atom stereocenters. The Labute approximate surface area is 104 Å². The first-order valence-electron chi connectivity index (χ1n) is 6.53. The van der Waals surface area contributed by atoms with Crippen molar-refractivity contribution >= 4 is 16.9 Å². The van der Waals surface area contributed by atoms with Crippen molar-refractivity contribution in [1.29, 1.82) is 0 Å². The van der Waals surface area contributed by atoms with E-state index in [9.17, 15) is 0 Å². The van der Waals surface area contributed by atoms with E-state index in [0.29, 0.717) is 11.5 Å². The highest BCUT2D eigenvalue weighted by molar-refractivity contribution is 8.13. The van der Waals surface area contributed by atoms with Gasteiger partial charge in [-0.1, -0.05) is 38.5 Å². The molecule has 2 rings (SSSR count). The predicted molar refractivity (Wildman–Crippen MR) is 73.1 cm³/mol. The largest absolute Gasteiger partial charge is 0.362 e. The zero-order chi connectivity index (χ0) is 11.6. The van der Waals surface area contributed by atoms with Crippen molar-refractivity contribution in [2.75, 3.05) is 12.3 Å². The molecule has 2 atom stereocenters. The Morgan fingerprint density at radius 2 is 2.06 bits per heavy atom. The molecule has 1 saturated carbocycles. The molecular formula is C13H24N2S. The van der Waals surface area contributed by atoms with Crippen molar-refractivity contribution in [2.24, 2.45) is 16.3 Å². The molecular weight excluding hydrogens is 216 g/mol. The van der Waals surface area contributed by atoms with E-state index in [1.807, 2.05) is 11.8 Å². The molecule has 1 aliphatic heterocycles. The third-order valence-corrected chi connectivity index (χ3v) is 5.32. The summed E-state index contributed by atoms with van der Waals surface area (Å²) in [6.45, 7) is 7.98. The van der Waals surface area contributed by atoms with Gasteiger partial charge in [-0.05, 0) is 31.1 Å². The lowest BCUT2D eigenvalue weighted by molar-refractivity contribution is 0.350. The number of hydrogen-bond acceptors (Lipinski definition) is 2. The molecule has 2 aliphatic rings. The Balaban J connectivity index is 1.87. The number of nitrogens with zero attached hydrogens (tertiary/aromatic N) is 1. The third-order valence-electron chi connectivity index (χ3n) is 4.10. The predicted octanol–water partition coefficient (Wildman–Crippen LogP) is 3.28. The van der Waals surface area contributed by atoms with Crippen LogP contribution in [-0.4, -0.2) is 23.5 Å². The van der Waals surface area contributed by atoms with Crippen molar-refractivity contribution in [2.45, 2.75) is 52.5 Å². The van der Waals surface area contributed by atoms with Gasteiger partial charge in [-0.2, -0.15) is 0 Å². The van der Waals surface area contributed by atoms with Crippen molar-refractivity contribution in [3.63, 3.8) is 0 Å². The summed E-state index contributed by atoms with van der Waals surface area (Å²) < 4.78 is 0. The molecule has 0 spiro atoms. The van der Waals surface area contributed by atoms with Crippen LogP contribution in [0.3, 0.4) is 0 Å². The van der Waals surface area contributed by atoms with Crippen molar-refractivity contribution in [3.8, 4) is 0 Å². The number of amidine groups is 1. The smallest absolute Gasteiger partial charge is 0.156 e. The maximum absolute atomic E-state index is 4.79. The van der Waals surface area contributed by atoms with Gasteiger partial charge >= 0.3 is 0 Å². The number of hydrogen-bond donors (Lipinski definition) is 1. The monoisotopic (exact) mass is 240 g/mol. The van der Waals surface area contributed by atoms with Crippen molar-refractivity contribution < 1.29 is 0 Å². The summed E-state index contributed by atoms with van der Waals surface area (Å²) in [4.78, 5) is 4.79. The number of nitrogens with one attached hydrogen (secondary N) is 1. The van der Waals surface area contributed by atoms with Gasteiger partial charge < -0.3 is 5.32 Å². The molecule has 2 nitrogen and oxygen atoms in total. The Morgan fingerprint density at radius 1 is 1.38 bits per heavy atom. The second-order valence-electron chi connectivity index (χ2n) is 5.86. The van der Waals surface area contributed by atoms with E-state index in [4.69, 9.17) is 4.99 Å². The summed E-state index contributed by atoms with van der Waals surface area (Å²) in [7, 11) is 0. The van der Waals surface area contributed by atoms with Crippen LogP contribution in [-0.2, 0) is 0 Å². The number of rotatable bonds is 2. The van der Waals surface area contributed by atoms with Crippen LogP contribution < -0.4 is 5.32 Å². The second kappa shape index (κ2) is 4.99. The van der Waals surface area contributed by atoms with Crippen LogP contribution >= 0.6 is 11.8 Å². The molecule has 92 valence electrons. The van der Waals surface area contributed by atoms with Gasteiger partial charge in [-0.15, -0.1) is 0 Å². The first-order chi connectivity index (χ1) is 7.59. The summed E-state index contributed by atoms with van der Waals surface area (Å²) >= 11 is 1.90. The highest BCUT2D eigenvalue weighted by Gasteiger charge is 2.29. The minimum atomic E-state index is 0.488. The molecule has 3 heteroatoms. The van der Waals surface area contributed by atoms with Crippen LogP contribution in [0.5, 0.6) is 0 Å². The Bertz CT molecular complexity index is 269. The van der Waals surface area contributed by atoms with Gasteiger partial charge in [0.1, 0.15) is 0 Å². The van der Waals surface area contributed by atoms with Gasteiger partial charge in [-0.25, -0.2) is 0 Å². The second-order valence-corrected chi connectivity index (χ2v) is 6.87. The standard InChI is InChI=1S/C13H24N2S/c1-10-8-16-12(15-11(10)2)14-9-13(3)6-4-5-7-13/h10-11H,4-9H2,1-3H3,(H,14,15). The van der Waals surface area contributed by atoms with E-state index >= 15 is 0 Å². The molecule has 0 aromatic rings.